The number of methoxy groups -OCH3 is 1. The monoisotopic (exact) mass is 619 g/mol. The fraction of sp³-hybridized carbons (Fsp3) is 0.556. The van der Waals surface area contributed by atoms with Crippen molar-refractivity contribution >= 4 is 35.2 Å². The van der Waals surface area contributed by atoms with E-state index in [1.54, 1.807) is 6.92 Å². The van der Waals surface area contributed by atoms with Gasteiger partial charge in [0.2, 0.25) is 5.88 Å². The molecule has 0 radical (unpaired) electrons. The number of hydrogen-bond donors (Lipinski definition) is 3. The van der Waals surface area contributed by atoms with Crippen LogP contribution in [0.25, 0.3) is 11.2 Å². The van der Waals surface area contributed by atoms with Crippen LogP contribution in [-0.2, 0) is 29.8 Å². The number of esters is 1. The Balaban J connectivity index is 1.22. The van der Waals surface area contributed by atoms with Crippen LogP contribution in [0.5, 0.6) is 5.88 Å². The lowest BCUT2D eigenvalue weighted by Gasteiger charge is -2.27. The van der Waals surface area contributed by atoms with E-state index in [2.05, 4.69) is 20.0 Å². The molecule has 1 saturated carbocycles. The van der Waals surface area contributed by atoms with Crippen LogP contribution in [0.2, 0.25) is 0 Å². The number of aliphatic hydroxyl groups is 2. The van der Waals surface area contributed by atoms with E-state index in [-0.39, 0.29) is 18.6 Å². The fourth-order valence-electron chi connectivity index (χ4n) is 5.68. The third kappa shape index (κ3) is 5.57. The second-order valence-electron chi connectivity index (χ2n) is 11.0. The van der Waals surface area contributed by atoms with E-state index >= 15 is 0 Å². The number of benzene rings is 1. The quantitative estimate of drug-likeness (QED) is 0.261. The minimum atomic E-state index is -3.76. The van der Waals surface area contributed by atoms with Crippen molar-refractivity contribution in [3.8, 4) is 5.88 Å². The van der Waals surface area contributed by atoms with Crippen LogP contribution in [0, 0.1) is 6.92 Å². The van der Waals surface area contributed by atoms with Gasteiger partial charge in [0.05, 0.1) is 20.0 Å². The molecular formula is C27H34N5O8PS. The first kappa shape index (κ1) is 29.5. The van der Waals surface area contributed by atoms with Crippen molar-refractivity contribution in [3.63, 3.8) is 0 Å². The third-order valence-electron chi connectivity index (χ3n) is 7.91. The van der Waals surface area contributed by atoms with E-state index in [1.165, 1.54) is 24.9 Å². The van der Waals surface area contributed by atoms with E-state index in [0.29, 0.717) is 23.4 Å². The summed E-state index contributed by atoms with van der Waals surface area (Å²) in [5, 5.41) is 25.4. The number of hydrogen-bond acceptors (Lipinski definition) is 12. The van der Waals surface area contributed by atoms with Gasteiger partial charge in [-0.2, -0.15) is 4.98 Å². The van der Waals surface area contributed by atoms with Crippen molar-refractivity contribution in [2.75, 3.05) is 13.7 Å². The number of aromatic nitrogens is 4. The molecule has 4 heterocycles. The highest BCUT2D eigenvalue weighted by molar-refractivity contribution is 8.56. The molecule has 0 spiro atoms. The second-order valence-corrected chi connectivity index (χ2v) is 15.1. The van der Waals surface area contributed by atoms with Crippen LogP contribution in [0.4, 0.5) is 0 Å². The average Bonchev–Trinajstić information content (AvgIpc) is 3.64. The van der Waals surface area contributed by atoms with Gasteiger partial charge < -0.3 is 28.9 Å². The van der Waals surface area contributed by atoms with Gasteiger partial charge in [-0.25, -0.2) is 15.1 Å². The summed E-state index contributed by atoms with van der Waals surface area (Å²) in [6.07, 6.45) is 1.67. The highest BCUT2D eigenvalue weighted by Gasteiger charge is 2.54. The topological polar surface area (TPSA) is 167 Å². The smallest absolute Gasteiger partial charge is 0.332 e. The molecule has 42 heavy (non-hydrogen) atoms. The molecule has 1 aromatic carbocycles. The van der Waals surface area contributed by atoms with Crippen molar-refractivity contribution in [1.82, 2.24) is 24.6 Å². The Morgan fingerprint density at radius 3 is 2.81 bits per heavy atom. The normalized spacial score (nSPS) is 31.6. The lowest BCUT2D eigenvalue weighted by molar-refractivity contribution is -0.150. The molecule has 2 aliphatic heterocycles. The molecule has 13 nitrogen and oxygen atoms in total. The van der Waals surface area contributed by atoms with E-state index in [1.807, 2.05) is 24.3 Å². The molecular weight excluding hydrogens is 585 g/mol. The second kappa shape index (κ2) is 11.5. The molecule has 226 valence electrons. The molecule has 3 aromatic rings. The van der Waals surface area contributed by atoms with E-state index in [4.69, 9.17) is 18.7 Å². The van der Waals surface area contributed by atoms with Crippen molar-refractivity contribution in [2.45, 2.75) is 87.0 Å². The lowest BCUT2D eigenvalue weighted by atomic mass is 9.96. The summed E-state index contributed by atoms with van der Waals surface area (Å²) >= 11 is 1.00. The minimum Gasteiger partial charge on any atom is -0.479 e. The molecule has 0 amide bonds. The number of carbonyl (C=O) groups excluding carboxylic acids is 1. The van der Waals surface area contributed by atoms with Crippen LogP contribution in [0.1, 0.15) is 50.2 Å². The summed E-state index contributed by atoms with van der Waals surface area (Å²) in [7, 11) is 1.47. The molecule has 0 bridgehead atoms. The Morgan fingerprint density at radius 2 is 2.05 bits per heavy atom. The van der Waals surface area contributed by atoms with Crippen LogP contribution in [0.15, 0.2) is 35.5 Å². The first-order valence-corrected chi connectivity index (χ1v) is 16.9. The zero-order valence-electron chi connectivity index (χ0n) is 23.5. The van der Waals surface area contributed by atoms with Crippen molar-refractivity contribution in [2.24, 2.45) is 0 Å². The van der Waals surface area contributed by atoms with Crippen LogP contribution in [-0.4, -0.2) is 79.4 Å². The van der Waals surface area contributed by atoms with Gasteiger partial charge in [-0.3, -0.25) is 13.9 Å². The van der Waals surface area contributed by atoms with E-state index in [0.717, 1.165) is 47.5 Å². The van der Waals surface area contributed by atoms with Gasteiger partial charge in [0.1, 0.15) is 35.8 Å². The predicted molar refractivity (Wildman–Crippen MR) is 152 cm³/mol. The Bertz CT molecular complexity index is 1530. The van der Waals surface area contributed by atoms with Gasteiger partial charge in [0.25, 0.3) is 0 Å². The molecule has 2 aromatic heterocycles. The number of aryl methyl sites for hydroxylation is 1. The van der Waals surface area contributed by atoms with Gasteiger partial charge in [-0.1, -0.05) is 18.2 Å². The number of ether oxygens (including phenoxy) is 3. The SMILES string of the molecule is COc1nc(C)nc2c1ncn2[C@@H]1OC(COP2(=O)NC(C(=O)OC3CCCC3)Cc3ccccc3S2)[C@@H](O)[C@@]1(C)O. The fourth-order valence-corrected chi connectivity index (χ4v) is 9.64. The summed E-state index contributed by atoms with van der Waals surface area (Å²) < 4.78 is 38.8. The summed E-state index contributed by atoms with van der Waals surface area (Å²) in [5.74, 6) is 0.225. The first-order valence-electron chi connectivity index (χ1n) is 13.9. The Morgan fingerprint density at radius 1 is 1.29 bits per heavy atom. The number of fused-ring (bicyclic) bond motifs is 2. The van der Waals surface area contributed by atoms with Gasteiger partial charge in [0, 0.05) is 11.3 Å². The minimum absolute atomic E-state index is 0.139. The Hall–Kier alpha value is -2.58. The van der Waals surface area contributed by atoms with E-state index < -0.39 is 42.8 Å². The van der Waals surface area contributed by atoms with Gasteiger partial charge in [-0.05, 0) is 62.5 Å². The summed E-state index contributed by atoms with van der Waals surface area (Å²) in [6.45, 7) is -0.963. The van der Waals surface area contributed by atoms with Gasteiger partial charge >= 0.3 is 12.7 Å². The maximum absolute atomic E-state index is 14.2. The number of nitrogens with one attached hydrogen (secondary N) is 1. The molecule has 15 heteroatoms. The number of nitrogens with zero attached hydrogens (tertiary/aromatic N) is 4. The van der Waals surface area contributed by atoms with Gasteiger partial charge in [-0.15, -0.1) is 0 Å². The predicted octanol–water partition coefficient (Wildman–Crippen LogP) is 3.07. The maximum atomic E-state index is 14.2. The molecule has 2 fully saturated rings. The maximum Gasteiger partial charge on any atom is 0.332 e. The van der Waals surface area contributed by atoms with E-state index in [9.17, 15) is 19.6 Å². The highest BCUT2D eigenvalue weighted by atomic mass is 32.7. The standard InChI is InChI=1S/C27H34N5O8PS/c1-15-29-23-21(24(30-15)37-3)28-14-32(23)26-27(2,35)22(33)19(40-26)13-38-41(36)31-18(25(34)39-17-9-5-6-10-17)12-16-8-4-7-11-20(16)42-41/h4,7-8,11,14,17-19,22,26,33,35H,5-6,9-10,12-13H2,1-3H3,(H,31,36)/t18?,19?,22-,26-,27-,41?/m1/s1. The molecule has 6 atom stereocenters. The largest absolute Gasteiger partial charge is 0.479 e. The molecule has 1 saturated heterocycles. The van der Waals surface area contributed by atoms with Crippen molar-refractivity contribution in [1.29, 1.82) is 0 Å². The Kier molecular flexibility index (Phi) is 8.07. The van der Waals surface area contributed by atoms with Crippen LogP contribution >= 0.6 is 18.1 Å². The summed E-state index contributed by atoms with van der Waals surface area (Å²) in [5.41, 5.74) is -0.210. The number of aliphatic hydroxyl groups excluding tert-OH is 1. The number of imidazole rings is 1. The molecule has 1 aliphatic carbocycles. The number of carbonyl (C=O) groups is 1. The summed E-state index contributed by atoms with van der Waals surface area (Å²) in [6, 6.07) is 6.52. The van der Waals surface area contributed by atoms with Crippen LogP contribution in [0.3, 0.4) is 0 Å². The lowest BCUT2D eigenvalue weighted by Crippen LogP contribution is -2.44. The number of rotatable bonds is 7. The van der Waals surface area contributed by atoms with Crippen LogP contribution < -0.4 is 9.82 Å². The average molecular weight is 620 g/mol. The Labute approximate surface area is 246 Å². The highest BCUT2D eigenvalue weighted by Crippen LogP contribution is 2.62. The molecule has 3 aliphatic rings. The molecule has 3 unspecified atom stereocenters. The zero-order chi connectivity index (χ0) is 29.6. The first-order chi connectivity index (χ1) is 20.1. The summed E-state index contributed by atoms with van der Waals surface area (Å²) in [4.78, 5) is 26.9. The molecule has 3 N–H and O–H groups in total. The van der Waals surface area contributed by atoms with Crippen molar-refractivity contribution < 1.29 is 38.3 Å². The third-order valence-corrected chi connectivity index (χ3v) is 11.8. The molecule has 6 rings (SSSR count). The van der Waals surface area contributed by atoms with Crippen molar-refractivity contribution in [3.05, 3.63) is 42.0 Å². The zero-order valence-corrected chi connectivity index (χ0v) is 25.2. The van der Waals surface area contributed by atoms with Gasteiger partial charge in [0.15, 0.2) is 17.4 Å².